The molecule has 0 radical (unpaired) electrons. The van der Waals surface area contributed by atoms with E-state index in [0.29, 0.717) is 10.0 Å². The third-order valence-electron chi connectivity index (χ3n) is 3.65. The van der Waals surface area contributed by atoms with Crippen molar-refractivity contribution in [2.24, 2.45) is 0 Å². The minimum atomic E-state index is -0.576. The normalized spacial score (nSPS) is 16.3. The van der Waals surface area contributed by atoms with Gasteiger partial charge in [0.05, 0.1) is 0 Å². The molecule has 7 heteroatoms. The van der Waals surface area contributed by atoms with Gasteiger partial charge in [-0.05, 0) is 25.0 Å². The number of rotatable bonds is 5. The summed E-state index contributed by atoms with van der Waals surface area (Å²) in [7, 11) is 0. The lowest BCUT2D eigenvalue weighted by Gasteiger charge is -2.35. The van der Waals surface area contributed by atoms with Crippen molar-refractivity contribution >= 4 is 40.7 Å². The average Bonchev–Trinajstić information content (AvgIpc) is 2.45. The molecule has 1 aromatic carbocycles. The Labute approximate surface area is 151 Å². The number of phenols is 1. The monoisotopic (exact) mass is 414 g/mol. The van der Waals surface area contributed by atoms with E-state index in [2.05, 4.69) is 32.7 Å². The lowest BCUT2D eigenvalue weighted by atomic mass is 9.98. The van der Waals surface area contributed by atoms with Crippen molar-refractivity contribution in [3.8, 4) is 5.75 Å². The van der Waals surface area contributed by atoms with Gasteiger partial charge in [0.2, 0.25) is 0 Å². The predicted molar refractivity (Wildman–Crippen MR) is 96.9 cm³/mol. The highest BCUT2D eigenvalue weighted by Crippen LogP contribution is 2.36. The molecule has 2 rings (SSSR count). The van der Waals surface area contributed by atoms with Gasteiger partial charge in [0.25, 0.3) is 0 Å². The number of halogens is 4. The minimum Gasteiger partial charge on any atom is -0.505 e. The van der Waals surface area contributed by atoms with Crippen molar-refractivity contribution in [1.29, 1.82) is 0 Å². The zero-order valence-corrected chi connectivity index (χ0v) is 15.4. The number of hydrogen-bond acceptors (Lipinski definition) is 3. The van der Waals surface area contributed by atoms with Crippen molar-refractivity contribution in [2.45, 2.75) is 18.9 Å². The second kappa shape index (κ2) is 10.4. The molecule has 0 bridgehead atoms. The number of allylic oxidation sites excluding steroid dienone is 1. The van der Waals surface area contributed by atoms with Crippen LogP contribution < -0.4 is 5.32 Å². The molecule has 1 heterocycles. The van der Waals surface area contributed by atoms with Crippen molar-refractivity contribution in [3.63, 3.8) is 0 Å². The molecule has 1 fully saturated rings. The summed E-state index contributed by atoms with van der Waals surface area (Å²) in [6.45, 7) is 7.39. The van der Waals surface area contributed by atoms with Crippen LogP contribution in [0.3, 0.4) is 0 Å². The molecular weight excluding hydrogens is 394 g/mol. The molecule has 0 aliphatic carbocycles. The van der Waals surface area contributed by atoms with Gasteiger partial charge < -0.3 is 10.4 Å². The molecule has 22 heavy (non-hydrogen) atoms. The summed E-state index contributed by atoms with van der Waals surface area (Å²) >= 11 is 3.31. The number of benzene rings is 1. The van der Waals surface area contributed by atoms with Gasteiger partial charge in [0.15, 0.2) is 11.6 Å². The molecule has 0 saturated carbocycles. The lowest BCUT2D eigenvalue weighted by molar-refractivity contribution is 0.163. The van der Waals surface area contributed by atoms with Crippen LogP contribution in [0, 0.1) is 5.82 Å². The largest absolute Gasteiger partial charge is 0.505 e. The first-order valence-corrected chi connectivity index (χ1v) is 7.66. The van der Waals surface area contributed by atoms with Crippen LogP contribution in [0.1, 0.15) is 24.4 Å². The van der Waals surface area contributed by atoms with Crippen LogP contribution in [0.25, 0.3) is 0 Å². The maximum Gasteiger partial charge on any atom is 0.166 e. The standard InChI is InChI=1S/C15H20BrFN2O.2ClH/c1-2-3-4-14(19-7-5-18-6-8-19)12-9-11(16)10-13(17)15(12)20;;/h2,9-10,14,18,20H,1,3-8H2;2*1H/t14-;;/m0../s1. The van der Waals surface area contributed by atoms with E-state index in [9.17, 15) is 9.50 Å². The van der Waals surface area contributed by atoms with Crippen molar-refractivity contribution < 1.29 is 9.50 Å². The van der Waals surface area contributed by atoms with Gasteiger partial charge in [-0.15, -0.1) is 31.4 Å². The van der Waals surface area contributed by atoms with Crippen LogP contribution in [0.15, 0.2) is 29.3 Å². The highest BCUT2D eigenvalue weighted by atomic mass is 79.9. The molecule has 0 spiro atoms. The fourth-order valence-corrected chi connectivity index (χ4v) is 3.09. The summed E-state index contributed by atoms with van der Waals surface area (Å²) in [4.78, 5) is 2.29. The molecule has 1 saturated heterocycles. The van der Waals surface area contributed by atoms with E-state index < -0.39 is 5.82 Å². The van der Waals surface area contributed by atoms with Gasteiger partial charge in [-0.2, -0.15) is 0 Å². The quantitative estimate of drug-likeness (QED) is 0.712. The zero-order chi connectivity index (χ0) is 14.5. The zero-order valence-electron chi connectivity index (χ0n) is 12.2. The third kappa shape index (κ3) is 5.39. The third-order valence-corrected chi connectivity index (χ3v) is 4.11. The Hall–Kier alpha value is -0.330. The van der Waals surface area contributed by atoms with Gasteiger partial charge in [-0.3, -0.25) is 4.90 Å². The average molecular weight is 416 g/mol. The van der Waals surface area contributed by atoms with Gasteiger partial charge in [-0.25, -0.2) is 4.39 Å². The molecule has 0 unspecified atom stereocenters. The van der Waals surface area contributed by atoms with Crippen molar-refractivity contribution in [3.05, 3.63) is 40.6 Å². The highest BCUT2D eigenvalue weighted by molar-refractivity contribution is 9.10. The summed E-state index contributed by atoms with van der Waals surface area (Å²) in [5.74, 6) is -0.811. The van der Waals surface area contributed by atoms with E-state index in [4.69, 9.17) is 0 Å². The summed E-state index contributed by atoms with van der Waals surface area (Å²) in [5.41, 5.74) is 0.653. The van der Waals surface area contributed by atoms with Crippen LogP contribution >= 0.6 is 40.7 Å². The van der Waals surface area contributed by atoms with E-state index in [1.807, 2.05) is 12.1 Å². The molecule has 1 atom stereocenters. The maximum absolute atomic E-state index is 13.8. The minimum absolute atomic E-state index is 0. The Bertz CT molecular complexity index is 485. The van der Waals surface area contributed by atoms with Crippen LogP contribution in [-0.4, -0.2) is 36.2 Å². The summed E-state index contributed by atoms with van der Waals surface area (Å²) in [6.07, 6.45) is 3.52. The molecule has 0 aromatic heterocycles. The number of hydrogen-bond donors (Lipinski definition) is 2. The fourth-order valence-electron chi connectivity index (χ4n) is 2.64. The van der Waals surface area contributed by atoms with E-state index in [-0.39, 0.29) is 36.6 Å². The Morgan fingerprint density at radius 1 is 1.36 bits per heavy atom. The molecular formula is C15H22BrCl2FN2O. The highest BCUT2D eigenvalue weighted by Gasteiger charge is 2.25. The van der Waals surface area contributed by atoms with Crippen molar-refractivity contribution in [1.82, 2.24) is 10.2 Å². The first-order chi connectivity index (χ1) is 9.63. The van der Waals surface area contributed by atoms with Crippen LogP contribution in [0.4, 0.5) is 4.39 Å². The second-order valence-electron chi connectivity index (χ2n) is 4.99. The van der Waals surface area contributed by atoms with E-state index >= 15 is 0 Å². The smallest absolute Gasteiger partial charge is 0.166 e. The first kappa shape index (κ1) is 21.7. The predicted octanol–water partition coefficient (Wildman–Crippen LogP) is 4.05. The Balaban J connectivity index is 0.00000220. The number of piperazine rings is 1. The van der Waals surface area contributed by atoms with E-state index in [1.165, 1.54) is 6.07 Å². The van der Waals surface area contributed by atoms with Gasteiger partial charge in [0, 0.05) is 42.3 Å². The van der Waals surface area contributed by atoms with Gasteiger partial charge in [-0.1, -0.05) is 22.0 Å². The van der Waals surface area contributed by atoms with Crippen LogP contribution in [0.2, 0.25) is 0 Å². The SMILES string of the molecule is C=CCC[C@@H](c1cc(Br)cc(F)c1O)N1CCNCC1.Cl.Cl. The summed E-state index contributed by atoms with van der Waals surface area (Å²) in [6, 6.07) is 3.12. The molecule has 3 nitrogen and oxygen atoms in total. The molecule has 1 aromatic rings. The molecule has 0 amide bonds. The Kier molecular flexibility index (Phi) is 10.3. The van der Waals surface area contributed by atoms with E-state index in [1.54, 1.807) is 0 Å². The molecule has 1 aliphatic rings. The van der Waals surface area contributed by atoms with Crippen LogP contribution in [-0.2, 0) is 0 Å². The fraction of sp³-hybridized carbons (Fsp3) is 0.467. The number of phenolic OH excluding ortho intramolecular Hbond substituents is 1. The van der Waals surface area contributed by atoms with E-state index in [0.717, 1.165) is 39.0 Å². The number of nitrogens with one attached hydrogen (secondary N) is 1. The van der Waals surface area contributed by atoms with Gasteiger partial charge in [0.1, 0.15) is 0 Å². The van der Waals surface area contributed by atoms with Gasteiger partial charge >= 0.3 is 0 Å². The number of aromatic hydroxyl groups is 1. The lowest BCUT2D eigenvalue weighted by Crippen LogP contribution is -2.45. The second-order valence-corrected chi connectivity index (χ2v) is 5.91. The molecule has 126 valence electrons. The maximum atomic E-state index is 13.8. The Morgan fingerprint density at radius 3 is 2.59 bits per heavy atom. The summed E-state index contributed by atoms with van der Waals surface area (Å²) < 4.78 is 14.4. The Morgan fingerprint density at radius 2 is 2.00 bits per heavy atom. The van der Waals surface area contributed by atoms with Crippen LogP contribution in [0.5, 0.6) is 5.75 Å². The summed E-state index contributed by atoms with van der Waals surface area (Å²) in [5, 5.41) is 13.4. The number of nitrogens with zero attached hydrogens (tertiary/aromatic N) is 1. The molecule has 2 N–H and O–H groups in total. The molecule has 1 aliphatic heterocycles. The first-order valence-electron chi connectivity index (χ1n) is 6.87. The topological polar surface area (TPSA) is 35.5 Å². The van der Waals surface area contributed by atoms with Crippen molar-refractivity contribution in [2.75, 3.05) is 26.2 Å².